The maximum absolute atomic E-state index is 12.0. The van der Waals surface area contributed by atoms with E-state index in [1.54, 1.807) is 23.5 Å². The van der Waals surface area contributed by atoms with Crippen molar-refractivity contribution < 1.29 is 9.59 Å². The van der Waals surface area contributed by atoms with E-state index in [0.29, 0.717) is 10.8 Å². The molecule has 24 heavy (non-hydrogen) atoms. The van der Waals surface area contributed by atoms with Gasteiger partial charge in [-0.1, -0.05) is 11.3 Å². The van der Waals surface area contributed by atoms with E-state index in [1.807, 2.05) is 31.2 Å². The zero-order chi connectivity index (χ0) is 17.1. The number of hydrogen-bond donors (Lipinski definition) is 2. The van der Waals surface area contributed by atoms with Gasteiger partial charge in [-0.15, -0.1) is 11.3 Å². The van der Waals surface area contributed by atoms with E-state index in [1.165, 1.54) is 29.2 Å². The number of rotatable bonds is 4. The SMILES string of the molecule is CC(=O)Nc1ccc2nc(NC(=O)/C=C/c3ccc(C)s3)sc2c1. The molecule has 0 aliphatic carbocycles. The molecule has 0 unspecified atom stereocenters. The van der Waals surface area contributed by atoms with E-state index in [4.69, 9.17) is 0 Å². The summed E-state index contributed by atoms with van der Waals surface area (Å²) in [6.07, 6.45) is 3.29. The van der Waals surface area contributed by atoms with Crippen molar-refractivity contribution >= 4 is 61.6 Å². The maximum Gasteiger partial charge on any atom is 0.250 e. The van der Waals surface area contributed by atoms with E-state index in [0.717, 1.165) is 15.1 Å². The Morgan fingerprint density at radius 2 is 1.96 bits per heavy atom. The van der Waals surface area contributed by atoms with Gasteiger partial charge >= 0.3 is 0 Å². The Morgan fingerprint density at radius 1 is 1.12 bits per heavy atom. The van der Waals surface area contributed by atoms with Crippen LogP contribution in [0.3, 0.4) is 0 Å². The van der Waals surface area contributed by atoms with Gasteiger partial charge in [0.1, 0.15) is 0 Å². The van der Waals surface area contributed by atoms with Gasteiger partial charge in [0.15, 0.2) is 5.13 Å². The number of nitrogens with zero attached hydrogens (tertiary/aromatic N) is 1. The molecule has 122 valence electrons. The van der Waals surface area contributed by atoms with Crippen molar-refractivity contribution in [2.24, 2.45) is 0 Å². The summed E-state index contributed by atoms with van der Waals surface area (Å²) >= 11 is 3.00. The lowest BCUT2D eigenvalue weighted by Gasteiger charge is -1.99. The van der Waals surface area contributed by atoms with Crippen LogP contribution in [-0.2, 0) is 9.59 Å². The molecule has 3 aromatic rings. The number of hydrogen-bond acceptors (Lipinski definition) is 5. The lowest BCUT2D eigenvalue weighted by atomic mass is 10.3. The highest BCUT2D eigenvalue weighted by Gasteiger charge is 2.07. The first-order valence-corrected chi connectivity index (χ1v) is 8.86. The van der Waals surface area contributed by atoms with Crippen LogP contribution in [0, 0.1) is 6.92 Å². The van der Waals surface area contributed by atoms with Crippen LogP contribution in [0.1, 0.15) is 16.7 Å². The molecule has 1 aromatic carbocycles. The number of carbonyl (C=O) groups is 2. The Kier molecular flexibility index (Phi) is 4.73. The van der Waals surface area contributed by atoms with Crippen molar-refractivity contribution in [1.29, 1.82) is 0 Å². The van der Waals surface area contributed by atoms with Gasteiger partial charge in [0.25, 0.3) is 0 Å². The fraction of sp³-hybridized carbons (Fsp3) is 0.118. The zero-order valence-corrected chi connectivity index (χ0v) is 14.8. The van der Waals surface area contributed by atoms with Gasteiger partial charge < -0.3 is 5.32 Å². The fourth-order valence-corrected chi connectivity index (χ4v) is 3.80. The Hall–Kier alpha value is -2.51. The molecule has 0 saturated carbocycles. The van der Waals surface area contributed by atoms with Crippen LogP contribution in [-0.4, -0.2) is 16.8 Å². The molecule has 3 rings (SSSR count). The van der Waals surface area contributed by atoms with E-state index in [2.05, 4.69) is 15.6 Å². The number of anilines is 2. The van der Waals surface area contributed by atoms with Crippen LogP contribution in [0.2, 0.25) is 0 Å². The quantitative estimate of drug-likeness (QED) is 0.685. The molecule has 5 nitrogen and oxygen atoms in total. The highest BCUT2D eigenvalue weighted by molar-refractivity contribution is 7.22. The van der Waals surface area contributed by atoms with Gasteiger partial charge in [0, 0.05) is 28.4 Å². The van der Waals surface area contributed by atoms with Crippen molar-refractivity contribution in [2.45, 2.75) is 13.8 Å². The highest BCUT2D eigenvalue weighted by atomic mass is 32.1. The van der Waals surface area contributed by atoms with Gasteiger partial charge in [0.05, 0.1) is 10.2 Å². The number of aryl methyl sites for hydroxylation is 1. The van der Waals surface area contributed by atoms with E-state index in [-0.39, 0.29) is 11.8 Å². The molecular weight excluding hydrogens is 342 g/mol. The standard InChI is InChI=1S/C17H15N3O2S2/c1-10-3-5-13(23-10)6-8-16(22)20-17-19-14-7-4-12(18-11(2)21)9-15(14)24-17/h3-9H,1-2H3,(H,18,21)(H,19,20,22)/b8-6+. The summed E-state index contributed by atoms with van der Waals surface area (Å²) in [6.45, 7) is 3.49. The number of carbonyl (C=O) groups excluding carboxylic acids is 2. The molecule has 0 aliphatic rings. The molecule has 0 fully saturated rings. The van der Waals surface area contributed by atoms with Crippen LogP contribution >= 0.6 is 22.7 Å². The lowest BCUT2D eigenvalue weighted by Crippen LogP contribution is -2.06. The first-order valence-electron chi connectivity index (χ1n) is 7.23. The molecule has 0 atom stereocenters. The molecule has 0 bridgehead atoms. The molecule has 2 aromatic heterocycles. The van der Waals surface area contributed by atoms with Gasteiger partial charge in [-0.2, -0.15) is 0 Å². The number of thiazole rings is 1. The van der Waals surface area contributed by atoms with Crippen molar-refractivity contribution in [1.82, 2.24) is 4.98 Å². The summed E-state index contributed by atoms with van der Waals surface area (Å²) in [6, 6.07) is 9.44. The summed E-state index contributed by atoms with van der Waals surface area (Å²) in [5, 5.41) is 6.03. The zero-order valence-electron chi connectivity index (χ0n) is 13.1. The third-order valence-electron chi connectivity index (χ3n) is 3.10. The van der Waals surface area contributed by atoms with Gasteiger partial charge in [-0.3, -0.25) is 14.9 Å². The minimum atomic E-state index is -0.220. The lowest BCUT2D eigenvalue weighted by molar-refractivity contribution is -0.114. The number of nitrogens with one attached hydrogen (secondary N) is 2. The molecule has 2 N–H and O–H groups in total. The average molecular weight is 357 g/mol. The van der Waals surface area contributed by atoms with Crippen molar-refractivity contribution in [3.05, 3.63) is 46.2 Å². The van der Waals surface area contributed by atoms with Crippen molar-refractivity contribution in [3.8, 4) is 0 Å². The van der Waals surface area contributed by atoms with Crippen LogP contribution in [0.4, 0.5) is 10.8 Å². The largest absolute Gasteiger partial charge is 0.326 e. The van der Waals surface area contributed by atoms with Crippen molar-refractivity contribution in [2.75, 3.05) is 10.6 Å². The van der Waals surface area contributed by atoms with Crippen LogP contribution in [0.15, 0.2) is 36.4 Å². The van der Waals surface area contributed by atoms with Crippen LogP contribution in [0.5, 0.6) is 0 Å². The van der Waals surface area contributed by atoms with E-state index >= 15 is 0 Å². The summed E-state index contributed by atoms with van der Waals surface area (Å²) in [5.74, 6) is -0.344. The smallest absolute Gasteiger partial charge is 0.250 e. The molecule has 0 spiro atoms. The van der Waals surface area contributed by atoms with Gasteiger partial charge in [0.2, 0.25) is 11.8 Å². The summed E-state index contributed by atoms with van der Waals surface area (Å²) in [4.78, 5) is 29.7. The Balaban J connectivity index is 1.71. The first-order chi connectivity index (χ1) is 11.5. The second kappa shape index (κ2) is 6.94. The normalized spacial score (nSPS) is 11.1. The molecule has 2 amide bonds. The molecule has 2 heterocycles. The minimum Gasteiger partial charge on any atom is -0.326 e. The molecule has 0 aliphatic heterocycles. The summed E-state index contributed by atoms with van der Waals surface area (Å²) < 4.78 is 0.898. The number of amides is 2. The van der Waals surface area contributed by atoms with E-state index in [9.17, 15) is 9.59 Å². The summed E-state index contributed by atoms with van der Waals surface area (Å²) in [5.41, 5.74) is 1.49. The number of aromatic nitrogens is 1. The predicted octanol–water partition coefficient (Wildman–Crippen LogP) is 4.28. The predicted molar refractivity (Wildman–Crippen MR) is 101 cm³/mol. The highest BCUT2D eigenvalue weighted by Crippen LogP contribution is 2.28. The van der Waals surface area contributed by atoms with Gasteiger partial charge in [-0.05, 0) is 43.3 Å². The monoisotopic (exact) mass is 357 g/mol. The van der Waals surface area contributed by atoms with Crippen LogP contribution < -0.4 is 10.6 Å². The fourth-order valence-electron chi connectivity index (χ4n) is 2.11. The average Bonchev–Trinajstić information content (AvgIpc) is 3.09. The summed E-state index contributed by atoms with van der Waals surface area (Å²) in [7, 11) is 0. The number of thiophene rings is 1. The van der Waals surface area contributed by atoms with E-state index < -0.39 is 0 Å². The minimum absolute atomic E-state index is 0.124. The molecule has 0 saturated heterocycles. The third-order valence-corrected chi connectivity index (χ3v) is 5.00. The van der Waals surface area contributed by atoms with Crippen LogP contribution in [0.25, 0.3) is 16.3 Å². The third kappa shape index (κ3) is 4.06. The topological polar surface area (TPSA) is 71.1 Å². The second-order valence-electron chi connectivity index (χ2n) is 5.15. The number of fused-ring (bicyclic) bond motifs is 1. The second-order valence-corrected chi connectivity index (χ2v) is 7.50. The molecule has 7 heteroatoms. The molecule has 0 radical (unpaired) electrons. The van der Waals surface area contributed by atoms with Gasteiger partial charge in [-0.25, -0.2) is 4.98 Å². The Morgan fingerprint density at radius 3 is 2.67 bits per heavy atom. The molecular formula is C17H15N3O2S2. The Labute approximate surface area is 147 Å². The van der Waals surface area contributed by atoms with Crippen molar-refractivity contribution in [3.63, 3.8) is 0 Å². The number of benzene rings is 1. The maximum atomic E-state index is 12.0. The first kappa shape index (κ1) is 16.4. The Bertz CT molecular complexity index is 940.